The number of fused-ring (bicyclic) bond motifs is 1. The van der Waals surface area contributed by atoms with Gasteiger partial charge < -0.3 is 0 Å². The standard InChI is InChI=1S/C10H12FN3/c1-10(2,3)7-6-13-9-8(11)12-4-5-14(7)9/h4-6H,1-3H3. The fourth-order valence-electron chi connectivity index (χ4n) is 1.44. The number of imidazole rings is 1. The van der Waals surface area contributed by atoms with Crippen LogP contribution in [-0.2, 0) is 5.41 Å². The Morgan fingerprint density at radius 1 is 1.29 bits per heavy atom. The van der Waals surface area contributed by atoms with Gasteiger partial charge in [0.1, 0.15) is 0 Å². The molecule has 0 bridgehead atoms. The summed E-state index contributed by atoms with van der Waals surface area (Å²) >= 11 is 0. The van der Waals surface area contributed by atoms with Crippen LogP contribution in [0.25, 0.3) is 5.65 Å². The van der Waals surface area contributed by atoms with Crippen molar-refractivity contribution in [2.75, 3.05) is 0 Å². The van der Waals surface area contributed by atoms with E-state index in [4.69, 9.17) is 0 Å². The van der Waals surface area contributed by atoms with E-state index in [0.29, 0.717) is 0 Å². The Labute approximate surface area is 81.6 Å². The highest BCUT2D eigenvalue weighted by Crippen LogP contribution is 2.23. The average molecular weight is 193 g/mol. The highest BCUT2D eigenvalue weighted by Gasteiger charge is 2.19. The summed E-state index contributed by atoms with van der Waals surface area (Å²) in [5, 5.41) is 0. The van der Waals surface area contributed by atoms with Crippen LogP contribution in [0.2, 0.25) is 0 Å². The Kier molecular flexibility index (Phi) is 1.80. The van der Waals surface area contributed by atoms with Gasteiger partial charge in [0.15, 0.2) is 5.65 Å². The van der Waals surface area contributed by atoms with Crippen molar-refractivity contribution in [3.8, 4) is 0 Å². The maximum atomic E-state index is 13.2. The minimum Gasteiger partial charge on any atom is -0.298 e. The molecule has 2 aromatic heterocycles. The van der Waals surface area contributed by atoms with Crippen LogP contribution in [0.5, 0.6) is 0 Å². The SMILES string of the molecule is CC(C)(C)c1cnc2c(F)nccn12. The Bertz CT molecular complexity index is 468. The van der Waals surface area contributed by atoms with E-state index in [1.807, 2.05) is 0 Å². The molecule has 4 heteroatoms. The molecule has 0 amide bonds. The zero-order valence-electron chi connectivity index (χ0n) is 8.45. The van der Waals surface area contributed by atoms with Crippen LogP contribution in [0, 0.1) is 5.95 Å². The van der Waals surface area contributed by atoms with Crippen LogP contribution in [0.15, 0.2) is 18.6 Å². The van der Waals surface area contributed by atoms with Gasteiger partial charge in [-0.1, -0.05) is 20.8 Å². The van der Waals surface area contributed by atoms with Crippen LogP contribution in [0.1, 0.15) is 26.5 Å². The molecule has 14 heavy (non-hydrogen) atoms. The Balaban J connectivity index is 2.76. The van der Waals surface area contributed by atoms with Gasteiger partial charge in [0.05, 0.1) is 0 Å². The van der Waals surface area contributed by atoms with Crippen LogP contribution in [0.3, 0.4) is 0 Å². The summed E-state index contributed by atoms with van der Waals surface area (Å²) in [6, 6.07) is 0. The number of hydrogen-bond donors (Lipinski definition) is 0. The lowest BCUT2D eigenvalue weighted by Crippen LogP contribution is -2.14. The first-order valence-electron chi connectivity index (χ1n) is 4.48. The number of rotatable bonds is 0. The van der Waals surface area contributed by atoms with Crippen molar-refractivity contribution in [3.63, 3.8) is 0 Å². The number of nitrogens with zero attached hydrogens (tertiary/aromatic N) is 3. The van der Waals surface area contributed by atoms with Gasteiger partial charge >= 0.3 is 0 Å². The normalized spacial score (nSPS) is 12.3. The molecule has 0 N–H and O–H groups in total. The molecule has 0 aliphatic carbocycles. The molecule has 0 aromatic carbocycles. The first-order valence-corrected chi connectivity index (χ1v) is 4.48. The second kappa shape index (κ2) is 2.77. The van der Waals surface area contributed by atoms with Gasteiger partial charge in [-0.2, -0.15) is 4.39 Å². The molecule has 2 heterocycles. The lowest BCUT2D eigenvalue weighted by atomic mass is 9.93. The van der Waals surface area contributed by atoms with Gasteiger partial charge in [0.2, 0.25) is 0 Å². The molecule has 0 atom stereocenters. The van der Waals surface area contributed by atoms with Crippen LogP contribution in [-0.4, -0.2) is 14.4 Å². The molecule has 0 unspecified atom stereocenters. The van der Waals surface area contributed by atoms with E-state index >= 15 is 0 Å². The molecule has 0 aliphatic heterocycles. The monoisotopic (exact) mass is 193 g/mol. The molecule has 0 fully saturated rings. The number of aromatic nitrogens is 3. The predicted molar refractivity (Wildman–Crippen MR) is 51.6 cm³/mol. The minimum atomic E-state index is -0.525. The van der Waals surface area contributed by atoms with E-state index in [2.05, 4.69) is 30.7 Å². The summed E-state index contributed by atoms with van der Waals surface area (Å²) in [6.07, 6.45) is 4.87. The molecule has 0 saturated carbocycles. The van der Waals surface area contributed by atoms with Crippen molar-refractivity contribution in [2.24, 2.45) is 0 Å². The van der Waals surface area contributed by atoms with E-state index in [9.17, 15) is 4.39 Å². The summed E-state index contributed by atoms with van der Waals surface area (Å²) < 4.78 is 14.9. The van der Waals surface area contributed by atoms with Crippen LogP contribution >= 0.6 is 0 Å². The van der Waals surface area contributed by atoms with E-state index in [-0.39, 0.29) is 11.1 Å². The summed E-state index contributed by atoms with van der Waals surface area (Å²) in [6.45, 7) is 6.19. The maximum Gasteiger partial charge on any atom is 0.256 e. The maximum absolute atomic E-state index is 13.2. The van der Waals surface area contributed by atoms with Gasteiger partial charge in [-0.3, -0.25) is 4.40 Å². The summed E-state index contributed by atoms with van der Waals surface area (Å²) in [5.41, 5.74) is 1.22. The van der Waals surface area contributed by atoms with Crippen molar-refractivity contribution >= 4 is 5.65 Å². The Hall–Kier alpha value is -1.45. The Morgan fingerprint density at radius 3 is 2.64 bits per heavy atom. The Morgan fingerprint density at radius 2 is 2.00 bits per heavy atom. The van der Waals surface area contributed by atoms with Crippen LogP contribution in [0.4, 0.5) is 4.39 Å². The molecule has 0 saturated heterocycles. The number of hydrogen-bond acceptors (Lipinski definition) is 2. The largest absolute Gasteiger partial charge is 0.298 e. The average Bonchev–Trinajstić information content (AvgIpc) is 2.47. The molecule has 0 radical (unpaired) electrons. The molecule has 2 aromatic rings. The van der Waals surface area contributed by atoms with Gasteiger partial charge in [-0.25, -0.2) is 9.97 Å². The quantitative estimate of drug-likeness (QED) is 0.641. The van der Waals surface area contributed by atoms with Crippen molar-refractivity contribution in [3.05, 3.63) is 30.2 Å². The minimum absolute atomic E-state index is 0.0484. The smallest absolute Gasteiger partial charge is 0.256 e. The van der Waals surface area contributed by atoms with E-state index in [0.717, 1.165) is 5.69 Å². The van der Waals surface area contributed by atoms with Crippen LogP contribution < -0.4 is 0 Å². The zero-order valence-corrected chi connectivity index (χ0v) is 8.45. The summed E-state index contributed by atoms with van der Waals surface area (Å²) in [5.74, 6) is -0.525. The van der Waals surface area contributed by atoms with Crippen molar-refractivity contribution in [1.29, 1.82) is 0 Å². The van der Waals surface area contributed by atoms with E-state index in [1.165, 1.54) is 6.20 Å². The first-order chi connectivity index (χ1) is 6.50. The van der Waals surface area contributed by atoms with Gasteiger partial charge in [-0.05, 0) is 0 Å². The van der Waals surface area contributed by atoms with Gasteiger partial charge in [-0.15, -0.1) is 0 Å². The van der Waals surface area contributed by atoms with Gasteiger partial charge in [0.25, 0.3) is 5.95 Å². The second-order valence-electron chi connectivity index (χ2n) is 4.31. The van der Waals surface area contributed by atoms with Crippen molar-refractivity contribution in [1.82, 2.24) is 14.4 Å². The third kappa shape index (κ3) is 1.27. The molecule has 0 spiro atoms. The molecule has 74 valence electrons. The zero-order chi connectivity index (χ0) is 10.3. The summed E-state index contributed by atoms with van der Waals surface area (Å²) in [4.78, 5) is 7.56. The topological polar surface area (TPSA) is 30.2 Å². The third-order valence-electron chi connectivity index (χ3n) is 2.15. The molecular formula is C10H12FN3. The van der Waals surface area contributed by atoms with Crippen molar-refractivity contribution < 1.29 is 4.39 Å². The lowest BCUT2D eigenvalue weighted by molar-refractivity contribution is 0.554. The lowest BCUT2D eigenvalue weighted by Gasteiger charge is -2.17. The van der Waals surface area contributed by atoms with Gasteiger partial charge in [0, 0.05) is 29.7 Å². The fourth-order valence-corrected chi connectivity index (χ4v) is 1.44. The molecule has 2 rings (SSSR count). The highest BCUT2D eigenvalue weighted by molar-refractivity contribution is 5.40. The second-order valence-corrected chi connectivity index (χ2v) is 4.31. The third-order valence-corrected chi connectivity index (χ3v) is 2.15. The molecule has 3 nitrogen and oxygen atoms in total. The van der Waals surface area contributed by atoms with Crippen molar-refractivity contribution in [2.45, 2.75) is 26.2 Å². The molecular weight excluding hydrogens is 181 g/mol. The fraction of sp³-hybridized carbons (Fsp3) is 0.400. The highest BCUT2D eigenvalue weighted by atomic mass is 19.1. The van der Waals surface area contributed by atoms with E-state index < -0.39 is 5.95 Å². The summed E-state index contributed by atoms with van der Waals surface area (Å²) in [7, 11) is 0. The first kappa shape index (κ1) is 9.12. The number of halogens is 1. The molecule has 0 aliphatic rings. The van der Waals surface area contributed by atoms with E-state index in [1.54, 1.807) is 16.8 Å². The predicted octanol–water partition coefficient (Wildman–Crippen LogP) is 2.17.